The highest BCUT2D eigenvalue weighted by atomic mass is 32.2. The molecule has 0 amide bonds. The number of aliphatic imine (C=N–C) groups is 1. The summed E-state index contributed by atoms with van der Waals surface area (Å²) in [6, 6.07) is 24.8. The van der Waals surface area contributed by atoms with Crippen molar-refractivity contribution in [3.63, 3.8) is 0 Å². The Labute approximate surface area is 140 Å². The van der Waals surface area contributed by atoms with Crippen LogP contribution in [0.1, 0.15) is 5.56 Å². The number of guanidine groups is 1. The van der Waals surface area contributed by atoms with Gasteiger partial charge in [0.1, 0.15) is 0 Å². The molecule has 0 unspecified atom stereocenters. The Balaban J connectivity index is 1.57. The number of benzene rings is 3. The number of nitrogens with two attached hydrogens (primary N) is 1. The van der Waals surface area contributed by atoms with Crippen LogP contribution in [0.2, 0.25) is 0 Å². The molecule has 3 rings (SSSR count). The SMILES string of the molecule is NC(=NCCc1ccccc1)NSc1cccc2ccccc12. The molecule has 0 aliphatic heterocycles. The molecule has 0 aliphatic rings. The van der Waals surface area contributed by atoms with Crippen LogP contribution in [0.3, 0.4) is 0 Å². The molecule has 0 radical (unpaired) electrons. The molecule has 0 saturated heterocycles. The van der Waals surface area contributed by atoms with Crippen LogP contribution < -0.4 is 10.5 Å². The quantitative estimate of drug-likeness (QED) is 0.424. The van der Waals surface area contributed by atoms with Crippen molar-refractivity contribution in [3.05, 3.63) is 78.4 Å². The van der Waals surface area contributed by atoms with Crippen LogP contribution in [-0.4, -0.2) is 12.5 Å². The molecule has 0 spiro atoms. The van der Waals surface area contributed by atoms with Crippen molar-refractivity contribution in [2.45, 2.75) is 11.3 Å². The summed E-state index contributed by atoms with van der Waals surface area (Å²) in [6.45, 7) is 0.680. The third-order valence-corrected chi connectivity index (χ3v) is 4.43. The van der Waals surface area contributed by atoms with Crippen LogP contribution in [0.4, 0.5) is 0 Å². The van der Waals surface area contributed by atoms with Gasteiger partial charge in [0, 0.05) is 11.4 Å². The average Bonchev–Trinajstić information content (AvgIpc) is 2.61. The molecular weight excluding hydrogens is 302 g/mol. The van der Waals surface area contributed by atoms with Crippen LogP contribution in [0.15, 0.2) is 82.7 Å². The molecule has 23 heavy (non-hydrogen) atoms. The molecule has 0 heterocycles. The van der Waals surface area contributed by atoms with E-state index in [1.165, 1.54) is 28.3 Å². The maximum absolute atomic E-state index is 5.95. The van der Waals surface area contributed by atoms with Gasteiger partial charge in [-0.15, -0.1) is 0 Å². The summed E-state index contributed by atoms with van der Waals surface area (Å²) in [4.78, 5) is 5.52. The van der Waals surface area contributed by atoms with Gasteiger partial charge >= 0.3 is 0 Å². The highest BCUT2D eigenvalue weighted by Crippen LogP contribution is 2.25. The number of nitrogens with one attached hydrogen (secondary N) is 1. The van der Waals surface area contributed by atoms with Gasteiger partial charge in [-0.3, -0.25) is 9.71 Å². The molecular formula is C19H19N3S. The van der Waals surface area contributed by atoms with E-state index in [1.54, 1.807) is 0 Å². The molecule has 3 N–H and O–H groups in total. The first kappa shape index (κ1) is 15.4. The minimum atomic E-state index is 0.457. The summed E-state index contributed by atoms with van der Waals surface area (Å²) in [5.74, 6) is 0.457. The second-order valence-corrected chi connectivity index (χ2v) is 6.03. The van der Waals surface area contributed by atoms with Gasteiger partial charge in [0.2, 0.25) is 0 Å². The number of fused-ring (bicyclic) bond motifs is 1. The Morgan fingerprint density at radius 1 is 0.913 bits per heavy atom. The van der Waals surface area contributed by atoms with Crippen molar-refractivity contribution in [1.29, 1.82) is 0 Å². The van der Waals surface area contributed by atoms with E-state index in [-0.39, 0.29) is 0 Å². The lowest BCUT2D eigenvalue weighted by atomic mass is 10.1. The lowest BCUT2D eigenvalue weighted by Gasteiger charge is -2.07. The van der Waals surface area contributed by atoms with Gasteiger partial charge in [0.05, 0.1) is 0 Å². The fourth-order valence-electron chi connectivity index (χ4n) is 2.37. The van der Waals surface area contributed by atoms with Gasteiger partial charge in [0.25, 0.3) is 0 Å². The van der Waals surface area contributed by atoms with Gasteiger partial charge in [-0.05, 0) is 40.8 Å². The zero-order valence-electron chi connectivity index (χ0n) is 12.8. The Morgan fingerprint density at radius 2 is 1.65 bits per heavy atom. The molecule has 116 valence electrons. The first-order valence-corrected chi connectivity index (χ1v) is 8.39. The Hall–Kier alpha value is -2.46. The minimum absolute atomic E-state index is 0.457. The van der Waals surface area contributed by atoms with Crippen molar-refractivity contribution >= 4 is 28.7 Å². The van der Waals surface area contributed by atoms with Crippen LogP contribution in [0, 0.1) is 0 Å². The van der Waals surface area contributed by atoms with Gasteiger partial charge in [-0.25, -0.2) is 0 Å². The second-order valence-electron chi connectivity index (χ2n) is 5.18. The summed E-state index contributed by atoms with van der Waals surface area (Å²) in [5.41, 5.74) is 7.22. The molecule has 0 fully saturated rings. The van der Waals surface area contributed by atoms with Gasteiger partial charge in [-0.2, -0.15) is 0 Å². The van der Waals surface area contributed by atoms with Crippen molar-refractivity contribution < 1.29 is 0 Å². The summed E-state index contributed by atoms with van der Waals surface area (Å²) >= 11 is 1.50. The molecule has 3 nitrogen and oxygen atoms in total. The summed E-state index contributed by atoms with van der Waals surface area (Å²) in [7, 11) is 0. The summed E-state index contributed by atoms with van der Waals surface area (Å²) < 4.78 is 3.12. The zero-order chi connectivity index (χ0) is 15.9. The first-order valence-electron chi connectivity index (χ1n) is 7.57. The van der Waals surface area contributed by atoms with Gasteiger partial charge in [0.15, 0.2) is 5.96 Å². The lowest BCUT2D eigenvalue weighted by Crippen LogP contribution is -2.26. The molecule has 0 aromatic heterocycles. The monoisotopic (exact) mass is 321 g/mol. The second kappa shape index (κ2) is 7.70. The van der Waals surface area contributed by atoms with Crippen LogP contribution in [0.25, 0.3) is 10.8 Å². The standard InChI is InChI=1S/C19H19N3S/c20-19(21-14-13-15-7-2-1-3-8-15)22-23-18-12-6-10-16-9-4-5-11-17(16)18/h1-12H,13-14H2,(H3,20,21,22). The maximum Gasteiger partial charge on any atom is 0.199 e. The lowest BCUT2D eigenvalue weighted by molar-refractivity contribution is 0.959. The smallest absolute Gasteiger partial charge is 0.199 e. The topological polar surface area (TPSA) is 50.4 Å². The predicted molar refractivity (Wildman–Crippen MR) is 99.6 cm³/mol. The van der Waals surface area contributed by atoms with Crippen molar-refractivity contribution in [3.8, 4) is 0 Å². The van der Waals surface area contributed by atoms with Crippen LogP contribution in [0.5, 0.6) is 0 Å². The highest BCUT2D eigenvalue weighted by Gasteiger charge is 2.01. The zero-order valence-corrected chi connectivity index (χ0v) is 13.6. The number of nitrogens with zero attached hydrogens (tertiary/aromatic N) is 1. The molecule has 0 aliphatic carbocycles. The third kappa shape index (κ3) is 4.27. The highest BCUT2D eigenvalue weighted by molar-refractivity contribution is 7.98. The minimum Gasteiger partial charge on any atom is -0.369 e. The van der Waals surface area contributed by atoms with E-state index in [4.69, 9.17) is 5.73 Å². The van der Waals surface area contributed by atoms with E-state index < -0.39 is 0 Å². The van der Waals surface area contributed by atoms with Gasteiger partial charge in [-0.1, -0.05) is 66.7 Å². The van der Waals surface area contributed by atoms with Crippen LogP contribution >= 0.6 is 11.9 Å². The predicted octanol–water partition coefficient (Wildman–Crippen LogP) is 3.99. The van der Waals surface area contributed by atoms with Gasteiger partial charge < -0.3 is 5.73 Å². The fraction of sp³-hybridized carbons (Fsp3) is 0.105. The molecule has 0 atom stereocenters. The molecule has 0 bridgehead atoms. The number of rotatable bonds is 5. The van der Waals surface area contributed by atoms with Crippen LogP contribution in [-0.2, 0) is 6.42 Å². The normalized spacial score (nSPS) is 11.6. The molecule has 3 aromatic rings. The Kier molecular flexibility index (Phi) is 5.17. The molecule has 4 heteroatoms. The van der Waals surface area contributed by atoms with E-state index in [2.05, 4.69) is 52.2 Å². The van der Waals surface area contributed by atoms with Crippen molar-refractivity contribution in [2.24, 2.45) is 10.7 Å². The largest absolute Gasteiger partial charge is 0.369 e. The van der Waals surface area contributed by atoms with Crippen molar-refractivity contribution in [2.75, 3.05) is 6.54 Å². The molecule has 0 saturated carbocycles. The first-order chi connectivity index (χ1) is 11.3. The van der Waals surface area contributed by atoms with Crippen molar-refractivity contribution in [1.82, 2.24) is 4.72 Å². The number of hydrogen-bond donors (Lipinski definition) is 2. The summed E-state index contributed by atoms with van der Waals surface area (Å²) in [6.07, 6.45) is 0.891. The van der Waals surface area contributed by atoms with E-state index in [0.717, 1.165) is 11.3 Å². The Bertz CT molecular complexity index is 795. The maximum atomic E-state index is 5.95. The van der Waals surface area contributed by atoms with E-state index >= 15 is 0 Å². The average molecular weight is 321 g/mol. The van der Waals surface area contributed by atoms with E-state index in [1.807, 2.05) is 30.3 Å². The number of hydrogen-bond acceptors (Lipinski definition) is 2. The Morgan fingerprint density at radius 3 is 2.52 bits per heavy atom. The van der Waals surface area contributed by atoms with E-state index in [9.17, 15) is 0 Å². The fourth-order valence-corrected chi connectivity index (χ4v) is 3.10. The molecule has 3 aromatic carbocycles. The summed E-state index contributed by atoms with van der Waals surface area (Å²) in [5, 5.41) is 2.43. The third-order valence-electron chi connectivity index (χ3n) is 3.54. The van der Waals surface area contributed by atoms with E-state index in [0.29, 0.717) is 12.5 Å².